The van der Waals surface area contributed by atoms with Gasteiger partial charge >= 0.3 is 6.18 Å². The summed E-state index contributed by atoms with van der Waals surface area (Å²) in [4.78, 5) is 9.31. The van der Waals surface area contributed by atoms with Crippen molar-refractivity contribution in [3.63, 3.8) is 0 Å². The van der Waals surface area contributed by atoms with Crippen LogP contribution in [0.15, 0.2) is 12.3 Å². The van der Waals surface area contributed by atoms with Gasteiger partial charge < -0.3 is 10.6 Å². The largest absolute Gasteiger partial charge is 0.433 e. The molecule has 0 radical (unpaired) electrons. The second-order valence-corrected chi connectivity index (χ2v) is 5.54. The molecule has 0 spiro atoms. The number of hydrogen-bond acceptors (Lipinski definition) is 4. The molecule has 4 nitrogen and oxygen atoms in total. The van der Waals surface area contributed by atoms with Crippen LogP contribution in [0.25, 0.3) is 0 Å². The summed E-state index contributed by atoms with van der Waals surface area (Å²) in [6, 6.07) is 0.916. The summed E-state index contributed by atoms with van der Waals surface area (Å²) in [5.41, 5.74) is 4.92. The van der Waals surface area contributed by atoms with Crippen LogP contribution in [0.3, 0.4) is 0 Å². The standard InChI is InChI=1S/C12H17F3N4/c1-11(2)7-19(6-4-8(11)16)10-17-5-3-9(18-10)12(13,14)15/h3,5,8H,4,6-7,16H2,1-2H3. The topological polar surface area (TPSA) is 55.0 Å². The van der Waals surface area contributed by atoms with Gasteiger partial charge in [0, 0.05) is 25.3 Å². The average Bonchev–Trinajstić information content (AvgIpc) is 2.32. The second kappa shape index (κ2) is 4.63. The Kier molecular flexibility index (Phi) is 3.42. The number of alkyl halides is 3. The van der Waals surface area contributed by atoms with Crippen LogP contribution in [-0.4, -0.2) is 29.1 Å². The molecule has 0 bridgehead atoms. The molecular weight excluding hydrogens is 257 g/mol. The van der Waals surface area contributed by atoms with E-state index >= 15 is 0 Å². The van der Waals surface area contributed by atoms with Crippen molar-refractivity contribution in [3.05, 3.63) is 18.0 Å². The van der Waals surface area contributed by atoms with Crippen LogP contribution >= 0.6 is 0 Å². The lowest BCUT2D eigenvalue weighted by Crippen LogP contribution is -2.53. The summed E-state index contributed by atoms with van der Waals surface area (Å²) in [7, 11) is 0. The Morgan fingerprint density at radius 2 is 2.11 bits per heavy atom. The Morgan fingerprint density at radius 1 is 1.42 bits per heavy atom. The van der Waals surface area contributed by atoms with Gasteiger partial charge in [0.15, 0.2) is 0 Å². The summed E-state index contributed by atoms with van der Waals surface area (Å²) >= 11 is 0. The molecule has 2 rings (SSSR count). The molecule has 1 atom stereocenters. The lowest BCUT2D eigenvalue weighted by atomic mass is 9.80. The van der Waals surface area contributed by atoms with Crippen LogP contribution in [0, 0.1) is 5.41 Å². The summed E-state index contributed by atoms with van der Waals surface area (Å²) in [6.45, 7) is 5.12. The molecule has 1 aliphatic rings. The van der Waals surface area contributed by atoms with Crippen molar-refractivity contribution in [1.29, 1.82) is 0 Å². The molecule has 2 N–H and O–H groups in total. The lowest BCUT2D eigenvalue weighted by Gasteiger charge is -2.42. The zero-order valence-electron chi connectivity index (χ0n) is 10.9. The molecule has 0 aliphatic carbocycles. The first-order valence-corrected chi connectivity index (χ1v) is 6.11. The Labute approximate surface area is 109 Å². The first-order valence-electron chi connectivity index (χ1n) is 6.11. The van der Waals surface area contributed by atoms with Crippen molar-refractivity contribution < 1.29 is 13.2 Å². The number of rotatable bonds is 1. The lowest BCUT2D eigenvalue weighted by molar-refractivity contribution is -0.141. The Balaban J connectivity index is 2.24. The van der Waals surface area contributed by atoms with E-state index in [1.54, 1.807) is 4.90 Å². The van der Waals surface area contributed by atoms with Crippen molar-refractivity contribution >= 4 is 5.95 Å². The van der Waals surface area contributed by atoms with Crippen LogP contribution in [0.2, 0.25) is 0 Å². The van der Waals surface area contributed by atoms with Crippen LogP contribution in [0.5, 0.6) is 0 Å². The zero-order valence-corrected chi connectivity index (χ0v) is 10.9. The molecule has 0 aromatic carbocycles. The van der Waals surface area contributed by atoms with Gasteiger partial charge in [0.25, 0.3) is 0 Å². The fraction of sp³-hybridized carbons (Fsp3) is 0.667. The van der Waals surface area contributed by atoms with Gasteiger partial charge in [0.2, 0.25) is 5.95 Å². The van der Waals surface area contributed by atoms with Gasteiger partial charge in [-0.25, -0.2) is 9.97 Å². The number of hydrogen-bond donors (Lipinski definition) is 1. The minimum Gasteiger partial charge on any atom is -0.340 e. The van der Waals surface area contributed by atoms with E-state index < -0.39 is 11.9 Å². The van der Waals surface area contributed by atoms with Gasteiger partial charge in [-0.3, -0.25) is 0 Å². The monoisotopic (exact) mass is 274 g/mol. The van der Waals surface area contributed by atoms with Crippen LogP contribution < -0.4 is 10.6 Å². The molecule has 7 heteroatoms. The Bertz CT molecular complexity index is 459. The Hall–Kier alpha value is -1.37. The third kappa shape index (κ3) is 2.97. The maximum atomic E-state index is 12.6. The van der Waals surface area contributed by atoms with Crippen LogP contribution in [0.4, 0.5) is 19.1 Å². The minimum absolute atomic E-state index is 0.0366. The number of anilines is 1. The van der Waals surface area contributed by atoms with Gasteiger partial charge in [-0.05, 0) is 17.9 Å². The Morgan fingerprint density at radius 3 is 2.68 bits per heavy atom. The maximum Gasteiger partial charge on any atom is 0.433 e. The van der Waals surface area contributed by atoms with E-state index in [9.17, 15) is 13.2 Å². The highest BCUT2D eigenvalue weighted by Crippen LogP contribution is 2.31. The molecule has 1 fully saturated rings. The van der Waals surface area contributed by atoms with Crippen molar-refractivity contribution in [3.8, 4) is 0 Å². The summed E-state index contributed by atoms with van der Waals surface area (Å²) in [6.07, 6.45) is -2.58. The van der Waals surface area contributed by atoms with Crippen molar-refractivity contribution in [2.24, 2.45) is 11.1 Å². The molecule has 1 unspecified atom stereocenters. The van der Waals surface area contributed by atoms with Crippen LogP contribution in [0.1, 0.15) is 26.0 Å². The number of piperidine rings is 1. The molecule has 2 heterocycles. The second-order valence-electron chi connectivity index (χ2n) is 5.54. The highest BCUT2D eigenvalue weighted by molar-refractivity contribution is 5.32. The van der Waals surface area contributed by atoms with E-state index in [-0.39, 0.29) is 17.4 Å². The van der Waals surface area contributed by atoms with E-state index in [2.05, 4.69) is 9.97 Å². The molecule has 0 amide bonds. The fourth-order valence-electron chi connectivity index (χ4n) is 2.20. The van der Waals surface area contributed by atoms with E-state index in [0.717, 1.165) is 12.3 Å². The van der Waals surface area contributed by atoms with Gasteiger partial charge in [0.1, 0.15) is 5.69 Å². The highest BCUT2D eigenvalue weighted by atomic mass is 19.4. The maximum absolute atomic E-state index is 12.6. The predicted octanol–water partition coefficient (Wildman–Crippen LogP) is 2.06. The first kappa shape index (κ1) is 14.0. The van der Waals surface area contributed by atoms with Crippen molar-refractivity contribution in [2.45, 2.75) is 32.5 Å². The SMILES string of the molecule is CC1(C)CN(c2nccc(C(F)(F)F)n2)CCC1N. The number of aromatic nitrogens is 2. The van der Waals surface area contributed by atoms with Crippen LogP contribution in [-0.2, 0) is 6.18 Å². The molecule has 19 heavy (non-hydrogen) atoms. The van der Waals surface area contributed by atoms with E-state index in [0.29, 0.717) is 19.5 Å². The molecular formula is C12H17F3N4. The van der Waals surface area contributed by atoms with Crippen molar-refractivity contribution in [2.75, 3.05) is 18.0 Å². The summed E-state index contributed by atoms with van der Waals surface area (Å²) < 4.78 is 37.9. The fourth-order valence-corrected chi connectivity index (χ4v) is 2.20. The zero-order chi connectivity index (χ0) is 14.3. The smallest absolute Gasteiger partial charge is 0.340 e. The molecule has 106 valence electrons. The predicted molar refractivity (Wildman–Crippen MR) is 65.6 cm³/mol. The normalized spacial score (nSPS) is 23.5. The third-order valence-electron chi connectivity index (χ3n) is 3.53. The summed E-state index contributed by atoms with van der Waals surface area (Å²) in [5, 5.41) is 0. The molecule has 1 saturated heterocycles. The number of nitrogens with zero attached hydrogens (tertiary/aromatic N) is 3. The van der Waals surface area contributed by atoms with E-state index in [1.807, 2.05) is 13.8 Å². The van der Waals surface area contributed by atoms with Gasteiger partial charge in [0.05, 0.1) is 0 Å². The first-order chi connectivity index (χ1) is 8.70. The van der Waals surface area contributed by atoms with Gasteiger partial charge in [-0.2, -0.15) is 13.2 Å². The van der Waals surface area contributed by atoms with Gasteiger partial charge in [-0.15, -0.1) is 0 Å². The minimum atomic E-state index is -4.45. The number of nitrogens with two attached hydrogens (primary N) is 1. The number of halogens is 3. The van der Waals surface area contributed by atoms with E-state index in [1.165, 1.54) is 0 Å². The average molecular weight is 274 g/mol. The van der Waals surface area contributed by atoms with E-state index in [4.69, 9.17) is 5.73 Å². The molecule has 1 aliphatic heterocycles. The quantitative estimate of drug-likeness (QED) is 0.851. The highest BCUT2D eigenvalue weighted by Gasteiger charge is 2.36. The van der Waals surface area contributed by atoms with Crippen molar-refractivity contribution in [1.82, 2.24) is 9.97 Å². The third-order valence-corrected chi connectivity index (χ3v) is 3.53. The summed E-state index contributed by atoms with van der Waals surface area (Å²) in [5.74, 6) is 0.120. The molecule has 0 saturated carbocycles. The van der Waals surface area contributed by atoms with Gasteiger partial charge in [-0.1, -0.05) is 13.8 Å². The molecule has 1 aromatic heterocycles. The molecule has 1 aromatic rings.